The minimum Gasteiger partial charge on any atom is -0.0888 e. The van der Waals surface area contributed by atoms with Crippen LogP contribution in [0.2, 0.25) is 0 Å². The molecule has 0 amide bonds. The van der Waals surface area contributed by atoms with Gasteiger partial charge >= 0.3 is 0 Å². The fourth-order valence-corrected chi connectivity index (χ4v) is 8.41. The summed E-state index contributed by atoms with van der Waals surface area (Å²) in [5.41, 5.74) is 11.8. The Morgan fingerprint density at radius 2 is 1.10 bits per heavy atom. The van der Waals surface area contributed by atoms with Crippen molar-refractivity contribution >= 4 is 33.3 Å². The van der Waals surface area contributed by atoms with Crippen molar-refractivity contribution in [2.45, 2.75) is 22.1 Å². The van der Waals surface area contributed by atoms with Gasteiger partial charge in [0.25, 0.3) is 0 Å². The quantitative estimate of drug-likeness (QED) is 0.211. The highest BCUT2D eigenvalue weighted by Gasteiger charge is 2.41. The largest absolute Gasteiger partial charge is 0.0888 e. The number of hydrogen-bond donors (Lipinski definition) is 0. The molecule has 192 valence electrons. The molecule has 41 heavy (non-hydrogen) atoms. The average molecular weight is 539 g/mol. The summed E-state index contributed by atoms with van der Waals surface area (Å²) in [5, 5.41) is 5.28. The fraction of sp³-hybridized carbons (Fsp3) is 0.0500. The first-order valence-corrected chi connectivity index (χ1v) is 15.1. The molecule has 7 aromatic rings. The third-order valence-electron chi connectivity index (χ3n) is 9.32. The van der Waals surface area contributed by atoms with Crippen molar-refractivity contribution in [3.05, 3.63) is 156 Å². The molecule has 0 bridgehead atoms. The second-order valence-electron chi connectivity index (χ2n) is 11.5. The van der Waals surface area contributed by atoms with Crippen LogP contribution in [0.25, 0.3) is 54.9 Å². The Labute approximate surface area is 244 Å². The van der Waals surface area contributed by atoms with Gasteiger partial charge in [-0.25, -0.2) is 0 Å². The van der Waals surface area contributed by atoms with E-state index in [0.717, 1.165) is 0 Å². The van der Waals surface area contributed by atoms with Crippen molar-refractivity contribution in [3.63, 3.8) is 0 Å². The standard InChI is InChI=1S/C40H26S/c1-40(30-13-3-2-4-14-30)35-23-28(17-19-31(35)34-21-26-9-5-6-10-27(26)22-36(34)40)29-18-20-32-33-15-7-11-25-12-8-16-37(39(25)33)41-38(32)24-29/h2-24H,1H3. The van der Waals surface area contributed by atoms with Crippen LogP contribution in [0.5, 0.6) is 0 Å². The molecule has 0 saturated carbocycles. The normalized spacial score (nSPS) is 16.4. The second kappa shape index (κ2) is 8.46. The molecule has 1 atom stereocenters. The molecule has 0 N–H and O–H groups in total. The summed E-state index contributed by atoms with van der Waals surface area (Å²) in [6.07, 6.45) is 0. The predicted octanol–water partition coefficient (Wildman–Crippen LogP) is 11.1. The Morgan fingerprint density at radius 1 is 0.439 bits per heavy atom. The van der Waals surface area contributed by atoms with E-state index < -0.39 is 0 Å². The monoisotopic (exact) mass is 538 g/mol. The van der Waals surface area contributed by atoms with E-state index in [-0.39, 0.29) is 5.41 Å². The van der Waals surface area contributed by atoms with Crippen molar-refractivity contribution in [2.24, 2.45) is 0 Å². The smallest absolute Gasteiger partial charge is 0.0435 e. The highest BCUT2D eigenvalue weighted by Crippen LogP contribution is 2.54. The van der Waals surface area contributed by atoms with E-state index in [1.165, 1.54) is 81.4 Å². The van der Waals surface area contributed by atoms with Gasteiger partial charge in [-0.1, -0.05) is 121 Å². The van der Waals surface area contributed by atoms with Gasteiger partial charge in [0, 0.05) is 20.6 Å². The first-order chi connectivity index (χ1) is 20.2. The molecule has 0 spiro atoms. The Bertz CT molecular complexity index is 2180. The summed E-state index contributed by atoms with van der Waals surface area (Å²) < 4.78 is 0. The molecule has 1 aliphatic carbocycles. The zero-order valence-electron chi connectivity index (χ0n) is 22.7. The van der Waals surface area contributed by atoms with Crippen molar-refractivity contribution in [3.8, 4) is 33.4 Å². The van der Waals surface area contributed by atoms with E-state index >= 15 is 0 Å². The van der Waals surface area contributed by atoms with Crippen LogP contribution < -0.4 is 0 Å². The molecule has 0 radical (unpaired) electrons. The van der Waals surface area contributed by atoms with Crippen LogP contribution in [-0.4, -0.2) is 0 Å². The van der Waals surface area contributed by atoms with E-state index in [4.69, 9.17) is 0 Å². The number of fused-ring (bicyclic) bond motifs is 6. The lowest BCUT2D eigenvalue weighted by atomic mass is 9.73. The molecule has 0 saturated heterocycles. The molecular formula is C40H26S. The van der Waals surface area contributed by atoms with Crippen LogP contribution in [0.1, 0.15) is 23.6 Å². The number of benzene rings is 7. The van der Waals surface area contributed by atoms with Crippen molar-refractivity contribution < 1.29 is 0 Å². The van der Waals surface area contributed by atoms with Gasteiger partial charge in [0.15, 0.2) is 0 Å². The topological polar surface area (TPSA) is 0 Å². The summed E-state index contributed by atoms with van der Waals surface area (Å²) in [7, 11) is 0. The Hall–Kier alpha value is -4.59. The molecule has 1 unspecified atom stereocenters. The van der Waals surface area contributed by atoms with E-state index in [1.54, 1.807) is 0 Å². The lowest BCUT2D eigenvalue weighted by Gasteiger charge is -2.29. The maximum Gasteiger partial charge on any atom is 0.0435 e. The summed E-state index contributed by atoms with van der Waals surface area (Å²) in [4.78, 5) is 2.67. The van der Waals surface area contributed by atoms with Gasteiger partial charge < -0.3 is 0 Å². The third-order valence-corrected chi connectivity index (χ3v) is 10.4. The summed E-state index contributed by atoms with van der Waals surface area (Å²) in [6.45, 7) is 2.41. The minimum absolute atomic E-state index is 0.233. The Morgan fingerprint density at radius 3 is 1.93 bits per heavy atom. The molecule has 2 aliphatic rings. The van der Waals surface area contributed by atoms with Gasteiger partial charge in [0.1, 0.15) is 0 Å². The van der Waals surface area contributed by atoms with Gasteiger partial charge in [-0.05, 0) is 103 Å². The van der Waals surface area contributed by atoms with E-state index in [0.29, 0.717) is 0 Å². The molecule has 0 fully saturated rings. The van der Waals surface area contributed by atoms with Gasteiger partial charge in [-0.3, -0.25) is 0 Å². The SMILES string of the molecule is CC1(c2ccccc2)c2cc(-c3ccc4c(c3)Sc3cccc5cccc-4c35)ccc2-c2cc3ccccc3cc21. The van der Waals surface area contributed by atoms with Gasteiger partial charge in [0.2, 0.25) is 0 Å². The maximum absolute atomic E-state index is 2.46. The van der Waals surface area contributed by atoms with Crippen LogP contribution in [0, 0.1) is 0 Å². The first kappa shape index (κ1) is 23.1. The van der Waals surface area contributed by atoms with E-state index in [9.17, 15) is 0 Å². The lowest BCUT2D eigenvalue weighted by molar-refractivity contribution is 0.715. The first-order valence-electron chi connectivity index (χ1n) is 14.3. The van der Waals surface area contributed by atoms with Crippen LogP contribution in [-0.2, 0) is 5.41 Å². The van der Waals surface area contributed by atoms with Crippen LogP contribution >= 0.6 is 11.8 Å². The third kappa shape index (κ3) is 3.24. The predicted molar refractivity (Wildman–Crippen MR) is 174 cm³/mol. The summed E-state index contributed by atoms with van der Waals surface area (Å²) in [5.74, 6) is 0. The molecule has 1 heteroatoms. The fourth-order valence-electron chi connectivity index (χ4n) is 7.22. The van der Waals surface area contributed by atoms with Gasteiger partial charge in [-0.2, -0.15) is 0 Å². The Kier molecular flexibility index (Phi) is 4.77. The molecular weight excluding hydrogens is 513 g/mol. The number of rotatable bonds is 2. The molecule has 0 aromatic heterocycles. The lowest BCUT2D eigenvalue weighted by Crippen LogP contribution is -2.22. The molecule has 7 aromatic carbocycles. The van der Waals surface area contributed by atoms with Crippen LogP contribution in [0.3, 0.4) is 0 Å². The molecule has 1 heterocycles. The van der Waals surface area contributed by atoms with Crippen molar-refractivity contribution in [1.82, 2.24) is 0 Å². The van der Waals surface area contributed by atoms with Crippen molar-refractivity contribution in [2.75, 3.05) is 0 Å². The van der Waals surface area contributed by atoms with E-state index in [1.807, 2.05) is 11.8 Å². The zero-order valence-corrected chi connectivity index (χ0v) is 23.5. The minimum atomic E-state index is -0.233. The molecule has 0 nitrogen and oxygen atoms in total. The molecule has 1 aliphatic heterocycles. The highest BCUT2D eigenvalue weighted by atomic mass is 32.2. The second-order valence-corrected chi connectivity index (χ2v) is 12.6. The summed E-state index contributed by atoms with van der Waals surface area (Å²) >= 11 is 1.90. The zero-order chi connectivity index (χ0) is 27.1. The molecule has 9 rings (SSSR count). The number of hydrogen-bond acceptors (Lipinski definition) is 1. The van der Waals surface area contributed by atoms with Crippen LogP contribution in [0.4, 0.5) is 0 Å². The Balaban J connectivity index is 1.23. The van der Waals surface area contributed by atoms with Crippen LogP contribution in [0.15, 0.2) is 149 Å². The van der Waals surface area contributed by atoms with Crippen molar-refractivity contribution in [1.29, 1.82) is 0 Å². The summed E-state index contributed by atoms with van der Waals surface area (Å²) in [6, 6.07) is 52.1. The van der Waals surface area contributed by atoms with Gasteiger partial charge in [0.05, 0.1) is 0 Å². The average Bonchev–Trinajstić information content (AvgIpc) is 3.28. The maximum atomic E-state index is 2.46. The van der Waals surface area contributed by atoms with E-state index in [2.05, 4.69) is 146 Å². The van der Waals surface area contributed by atoms with Gasteiger partial charge in [-0.15, -0.1) is 0 Å². The highest BCUT2D eigenvalue weighted by molar-refractivity contribution is 7.99.